The minimum Gasteiger partial charge on any atom is -0.329 e. The lowest BCUT2D eigenvalue weighted by Crippen LogP contribution is -2.33. The number of hydrogen-bond donors (Lipinski definition) is 1. The van der Waals surface area contributed by atoms with Gasteiger partial charge in [0.25, 0.3) is 0 Å². The third-order valence-corrected chi connectivity index (χ3v) is 3.54. The minimum atomic E-state index is 0.767. The van der Waals surface area contributed by atoms with Crippen LogP contribution in [0, 0.1) is 0 Å². The summed E-state index contributed by atoms with van der Waals surface area (Å²) in [6, 6.07) is 0. The van der Waals surface area contributed by atoms with Crippen molar-refractivity contribution in [2.45, 2.75) is 26.4 Å². The fraction of sp³-hybridized carbons (Fsp3) is 0.769. The van der Waals surface area contributed by atoms with Gasteiger partial charge in [-0.3, -0.25) is 9.58 Å². The maximum atomic E-state index is 5.62. The molecule has 0 aromatic carbocycles. The summed E-state index contributed by atoms with van der Waals surface area (Å²) in [4.78, 5) is 4.99. The molecule has 0 amide bonds. The zero-order valence-electron chi connectivity index (χ0n) is 11.4. The van der Waals surface area contributed by atoms with Crippen LogP contribution in [0.5, 0.6) is 0 Å². The van der Waals surface area contributed by atoms with E-state index in [1.807, 2.05) is 10.9 Å². The third-order valence-electron chi connectivity index (χ3n) is 3.54. The lowest BCUT2D eigenvalue weighted by Gasteiger charge is -2.20. The zero-order chi connectivity index (χ0) is 12.8. The zero-order valence-corrected chi connectivity index (χ0v) is 11.4. The van der Waals surface area contributed by atoms with E-state index in [1.54, 1.807) is 0 Å². The van der Waals surface area contributed by atoms with E-state index in [0.717, 1.165) is 39.3 Å². The number of nitrogens with two attached hydrogens (primary N) is 1. The second kappa shape index (κ2) is 6.87. The predicted molar refractivity (Wildman–Crippen MR) is 73.3 cm³/mol. The highest BCUT2D eigenvalue weighted by Crippen LogP contribution is 2.08. The van der Waals surface area contributed by atoms with E-state index in [2.05, 4.69) is 28.0 Å². The van der Waals surface area contributed by atoms with E-state index in [1.165, 1.54) is 25.1 Å². The van der Waals surface area contributed by atoms with Gasteiger partial charge in [-0.25, -0.2) is 0 Å². The molecule has 1 aliphatic heterocycles. The summed E-state index contributed by atoms with van der Waals surface area (Å²) in [5.41, 5.74) is 6.94. The van der Waals surface area contributed by atoms with E-state index >= 15 is 0 Å². The normalized spacial score (nSPS) is 19.0. The maximum Gasteiger partial charge on any atom is 0.0534 e. The first-order valence-electron chi connectivity index (χ1n) is 6.98. The van der Waals surface area contributed by atoms with Gasteiger partial charge in [-0.2, -0.15) is 5.10 Å². The molecule has 1 aromatic rings. The topological polar surface area (TPSA) is 50.3 Å². The maximum absolute atomic E-state index is 5.62. The average molecular weight is 251 g/mol. The first kappa shape index (κ1) is 13.5. The van der Waals surface area contributed by atoms with Crippen LogP contribution in [0.1, 0.15) is 18.9 Å². The number of aromatic nitrogens is 2. The van der Waals surface area contributed by atoms with Gasteiger partial charge in [0, 0.05) is 51.0 Å². The van der Waals surface area contributed by atoms with Crippen molar-refractivity contribution in [2.75, 3.05) is 39.3 Å². The minimum absolute atomic E-state index is 0.767. The fourth-order valence-corrected chi connectivity index (χ4v) is 2.51. The lowest BCUT2D eigenvalue weighted by atomic mass is 10.3. The molecule has 0 spiro atoms. The Morgan fingerprint density at radius 3 is 2.72 bits per heavy atom. The van der Waals surface area contributed by atoms with Gasteiger partial charge in [0.2, 0.25) is 0 Å². The highest BCUT2D eigenvalue weighted by Gasteiger charge is 2.14. The van der Waals surface area contributed by atoms with Crippen LogP contribution in [-0.4, -0.2) is 58.8 Å². The molecule has 0 bridgehead atoms. The average Bonchev–Trinajstić information content (AvgIpc) is 2.71. The molecular formula is C13H25N5. The molecule has 1 aromatic heterocycles. The van der Waals surface area contributed by atoms with E-state index in [0.29, 0.717) is 0 Å². The van der Waals surface area contributed by atoms with E-state index in [-0.39, 0.29) is 0 Å². The molecule has 18 heavy (non-hydrogen) atoms. The van der Waals surface area contributed by atoms with Crippen LogP contribution in [-0.2, 0) is 13.1 Å². The smallest absolute Gasteiger partial charge is 0.0534 e. The van der Waals surface area contributed by atoms with Gasteiger partial charge in [-0.1, -0.05) is 0 Å². The van der Waals surface area contributed by atoms with Crippen LogP contribution >= 0.6 is 0 Å². The Morgan fingerprint density at radius 2 is 2.00 bits per heavy atom. The number of hydrogen-bond acceptors (Lipinski definition) is 4. The Balaban J connectivity index is 1.82. The Bertz CT molecular complexity index is 349. The number of nitrogens with zero attached hydrogens (tertiary/aromatic N) is 4. The quantitative estimate of drug-likeness (QED) is 0.821. The highest BCUT2D eigenvalue weighted by atomic mass is 15.3. The largest absolute Gasteiger partial charge is 0.329 e. The molecule has 0 radical (unpaired) electrons. The van der Waals surface area contributed by atoms with Gasteiger partial charge >= 0.3 is 0 Å². The monoisotopic (exact) mass is 251 g/mol. The molecule has 0 saturated carbocycles. The molecule has 0 atom stereocenters. The summed E-state index contributed by atoms with van der Waals surface area (Å²) in [5, 5.41) is 4.33. The van der Waals surface area contributed by atoms with Gasteiger partial charge in [-0.15, -0.1) is 0 Å². The van der Waals surface area contributed by atoms with Crippen molar-refractivity contribution in [2.24, 2.45) is 5.73 Å². The van der Waals surface area contributed by atoms with Crippen molar-refractivity contribution in [3.05, 3.63) is 18.0 Å². The Morgan fingerprint density at radius 1 is 1.22 bits per heavy atom. The first-order chi connectivity index (χ1) is 8.81. The van der Waals surface area contributed by atoms with E-state index in [4.69, 9.17) is 5.73 Å². The van der Waals surface area contributed by atoms with Gasteiger partial charge in [0.15, 0.2) is 0 Å². The summed E-state index contributed by atoms with van der Waals surface area (Å²) in [6.07, 6.45) is 5.39. The molecule has 1 saturated heterocycles. The molecule has 5 heteroatoms. The Labute approximate surface area is 110 Å². The van der Waals surface area contributed by atoms with Crippen molar-refractivity contribution in [3.8, 4) is 0 Å². The Hall–Kier alpha value is -0.910. The van der Waals surface area contributed by atoms with Crippen molar-refractivity contribution < 1.29 is 0 Å². The van der Waals surface area contributed by atoms with Crippen molar-refractivity contribution >= 4 is 0 Å². The van der Waals surface area contributed by atoms with Crippen LogP contribution in [0.3, 0.4) is 0 Å². The SMILES string of the molecule is CCn1cc(CN2CCCN(CCN)CC2)cn1. The standard InChI is InChI=1S/C13H25N5/c1-2-18-12-13(10-15-18)11-17-6-3-5-16(7-4-14)8-9-17/h10,12H,2-9,11,14H2,1H3. The van der Waals surface area contributed by atoms with Crippen LogP contribution < -0.4 is 5.73 Å². The van der Waals surface area contributed by atoms with Crippen LogP contribution in [0.15, 0.2) is 12.4 Å². The molecule has 102 valence electrons. The molecule has 2 N–H and O–H groups in total. The predicted octanol–water partition coefficient (Wildman–Crippen LogP) is 0.369. The van der Waals surface area contributed by atoms with Crippen LogP contribution in [0.25, 0.3) is 0 Å². The molecule has 1 fully saturated rings. The summed E-state index contributed by atoms with van der Waals surface area (Å²) in [7, 11) is 0. The summed E-state index contributed by atoms with van der Waals surface area (Å²) >= 11 is 0. The molecule has 2 heterocycles. The van der Waals surface area contributed by atoms with Gasteiger partial charge in [0.1, 0.15) is 0 Å². The molecule has 0 unspecified atom stereocenters. The molecular weight excluding hydrogens is 226 g/mol. The fourth-order valence-electron chi connectivity index (χ4n) is 2.51. The van der Waals surface area contributed by atoms with Gasteiger partial charge in [0.05, 0.1) is 6.20 Å². The number of rotatable bonds is 5. The lowest BCUT2D eigenvalue weighted by molar-refractivity contribution is 0.255. The van der Waals surface area contributed by atoms with Gasteiger partial charge in [-0.05, 0) is 26.4 Å². The van der Waals surface area contributed by atoms with Gasteiger partial charge < -0.3 is 10.6 Å². The molecule has 5 nitrogen and oxygen atoms in total. The summed E-state index contributed by atoms with van der Waals surface area (Å²) in [5.74, 6) is 0. The first-order valence-corrected chi connectivity index (χ1v) is 6.98. The van der Waals surface area contributed by atoms with E-state index in [9.17, 15) is 0 Å². The van der Waals surface area contributed by atoms with Crippen LogP contribution in [0.4, 0.5) is 0 Å². The molecule has 1 aliphatic rings. The molecule has 0 aliphatic carbocycles. The van der Waals surface area contributed by atoms with Crippen molar-refractivity contribution in [1.82, 2.24) is 19.6 Å². The Kier molecular flexibility index (Phi) is 5.16. The van der Waals surface area contributed by atoms with Crippen molar-refractivity contribution in [3.63, 3.8) is 0 Å². The molecule has 2 rings (SSSR count). The highest BCUT2D eigenvalue weighted by molar-refractivity contribution is 5.03. The second-order valence-electron chi connectivity index (χ2n) is 4.96. The van der Waals surface area contributed by atoms with Crippen molar-refractivity contribution in [1.29, 1.82) is 0 Å². The second-order valence-corrected chi connectivity index (χ2v) is 4.96. The van der Waals surface area contributed by atoms with E-state index < -0.39 is 0 Å². The number of aryl methyl sites for hydroxylation is 1. The van der Waals surface area contributed by atoms with Crippen LogP contribution in [0.2, 0.25) is 0 Å². The summed E-state index contributed by atoms with van der Waals surface area (Å²) < 4.78 is 1.99. The summed E-state index contributed by atoms with van der Waals surface area (Å²) in [6.45, 7) is 10.5. The third kappa shape index (κ3) is 3.80.